The van der Waals surface area contributed by atoms with E-state index in [2.05, 4.69) is 10.3 Å². The van der Waals surface area contributed by atoms with E-state index in [4.69, 9.17) is 13.9 Å². The minimum Gasteiger partial charge on any atom is -0.497 e. The van der Waals surface area contributed by atoms with E-state index in [1.54, 1.807) is 14.0 Å². The maximum Gasteiger partial charge on any atom is 0.276 e. The Hall–Kier alpha value is -3.55. The standard InChI is InChI=1S/C21H21N3O5/c1-13-20(25)22-7-8-24(13)21(26)18-11-29-19(23-18)12-28-17-6-4-14-3-5-16(27-2)9-15(14)10-17/h3-6,9-11,13H,7-8,12H2,1-2H3,(H,22,25)/t13-/m0/s1. The minimum atomic E-state index is -0.540. The van der Waals surface area contributed by atoms with E-state index >= 15 is 0 Å². The van der Waals surface area contributed by atoms with Gasteiger partial charge < -0.3 is 24.1 Å². The average Bonchev–Trinajstić information content (AvgIpc) is 3.22. The van der Waals surface area contributed by atoms with Crippen LogP contribution >= 0.6 is 0 Å². The molecule has 2 aromatic carbocycles. The number of benzene rings is 2. The zero-order valence-electron chi connectivity index (χ0n) is 16.2. The number of ether oxygens (including phenoxy) is 2. The number of amides is 2. The van der Waals surface area contributed by atoms with Gasteiger partial charge in [0.1, 0.15) is 23.8 Å². The van der Waals surface area contributed by atoms with Crippen LogP contribution < -0.4 is 14.8 Å². The zero-order valence-corrected chi connectivity index (χ0v) is 16.2. The molecule has 2 amide bonds. The van der Waals surface area contributed by atoms with Crippen LogP contribution in [0, 0.1) is 0 Å². The molecule has 2 heterocycles. The lowest BCUT2D eigenvalue weighted by atomic mass is 10.1. The van der Waals surface area contributed by atoms with Crippen LogP contribution in [0.15, 0.2) is 47.1 Å². The van der Waals surface area contributed by atoms with Crippen LogP contribution in [-0.4, -0.2) is 47.9 Å². The van der Waals surface area contributed by atoms with E-state index in [0.717, 1.165) is 16.5 Å². The third-order valence-electron chi connectivity index (χ3n) is 4.91. The predicted molar refractivity (Wildman–Crippen MR) is 105 cm³/mol. The van der Waals surface area contributed by atoms with Gasteiger partial charge in [-0.2, -0.15) is 0 Å². The molecule has 0 unspecified atom stereocenters. The molecule has 1 fully saturated rings. The number of nitrogens with zero attached hydrogens (tertiary/aromatic N) is 2. The molecule has 150 valence electrons. The molecule has 1 aliphatic heterocycles. The van der Waals surface area contributed by atoms with E-state index in [0.29, 0.717) is 18.8 Å². The summed E-state index contributed by atoms with van der Waals surface area (Å²) in [7, 11) is 1.63. The van der Waals surface area contributed by atoms with Crippen molar-refractivity contribution in [1.29, 1.82) is 0 Å². The van der Waals surface area contributed by atoms with Crippen molar-refractivity contribution in [3.63, 3.8) is 0 Å². The fourth-order valence-electron chi connectivity index (χ4n) is 3.25. The zero-order chi connectivity index (χ0) is 20.4. The number of aromatic nitrogens is 1. The molecule has 1 N–H and O–H groups in total. The molecular formula is C21H21N3O5. The first kappa shape index (κ1) is 18.8. The van der Waals surface area contributed by atoms with Crippen LogP contribution in [0.1, 0.15) is 23.3 Å². The third kappa shape index (κ3) is 3.87. The summed E-state index contributed by atoms with van der Waals surface area (Å²) in [6.07, 6.45) is 1.30. The first-order chi connectivity index (χ1) is 14.0. The molecule has 8 heteroatoms. The molecule has 1 atom stereocenters. The molecule has 0 radical (unpaired) electrons. The van der Waals surface area contributed by atoms with Crippen LogP contribution in [0.2, 0.25) is 0 Å². The van der Waals surface area contributed by atoms with Crippen LogP contribution in [0.5, 0.6) is 11.5 Å². The normalized spacial score (nSPS) is 16.6. The smallest absolute Gasteiger partial charge is 0.276 e. The Morgan fingerprint density at radius 3 is 2.79 bits per heavy atom. The Morgan fingerprint density at radius 1 is 1.24 bits per heavy atom. The van der Waals surface area contributed by atoms with E-state index in [1.807, 2.05) is 36.4 Å². The SMILES string of the molecule is COc1ccc2ccc(OCc3nc(C(=O)N4CCNC(=O)[C@@H]4C)co3)cc2c1. The van der Waals surface area contributed by atoms with Gasteiger partial charge in [0.25, 0.3) is 5.91 Å². The molecule has 8 nitrogen and oxygen atoms in total. The quantitative estimate of drug-likeness (QED) is 0.713. The van der Waals surface area contributed by atoms with Gasteiger partial charge in [0.05, 0.1) is 7.11 Å². The second-order valence-corrected chi connectivity index (χ2v) is 6.76. The average molecular weight is 395 g/mol. The number of oxazole rings is 1. The number of carbonyl (C=O) groups excluding carboxylic acids is 2. The van der Waals surface area contributed by atoms with E-state index in [-0.39, 0.29) is 30.0 Å². The number of piperazine rings is 1. The fraction of sp³-hybridized carbons (Fsp3) is 0.286. The fourth-order valence-corrected chi connectivity index (χ4v) is 3.25. The number of hydrogen-bond acceptors (Lipinski definition) is 6. The van der Waals surface area contributed by atoms with Gasteiger partial charge in [-0.15, -0.1) is 0 Å². The summed E-state index contributed by atoms with van der Waals surface area (Å²) in [5, 5.41) is 4.79. The summed E-state index contributed by atoms with van der Waals surface area (Å²) < 4.78 is 16.4. The number of rotatable bonds is 5. The number of methoxy groups -OCH3 is 1. The first-order valence-electron chi connectivity index (χ1n) is 9.29. The summed E-state index contributed by atoms with van der Waals surface area (Å²) in [5.41, 5.74) is 0.161. The van der Waals surface area contributed by atoms with E-state index in [1.165, 1.54) is 11.2 Å². The molecule has 0 saturated carbocycles. The van der Waals surface area contributed by atoms with Crippen molar-refractivity contribution in [1.82, 2.24) is 15.2 Å². The lowest BCUT2D eigenvalue weighted by Crippen LogP contribution is -2.55. The van der Waals surface area contributed by atoms with Gasteiger partial charge >= 0.3 is 0 Å². The van der Waals surface area contributed by atoms with E-state index < -0.39 is 6.04 Å². The molecule has 1 aromatic heterocycles. The largest absolute Gasteiger partial charge is 0.497 e. The van der Waals surface area contributed by atoms with Crippen molar-refractivity contribution in [2.45, 2.75) is 19.6 Å². The Kier molecular flexibility index (Phi) is 5.07. The second kappa shape index (κ2) is 7.83. The van der Waals surface area contributed by atoms with Crippen LogP contribution in [0.3, 0.4) is 0 Å². The van der Waals surface area contributed by atoms with Crippen molar-refractivity contribution in [3.8, 4) is 11.5 Å². The van der Waals surface area contributed by atoms with Gasteiger partial charge in [-0.3, -0.25) is 9.59 Å². The van der Waals surface area contributed by atoms with Crippen molar-refractivity contribution in [3.05, 3.63) is 54.2 Å². The Balaban J connectivity index is 1.43. The minimum absolute atomic E-state index is 0.0821. The maximum atomic E-state index is 12.6. The number of nitrogens with one attached hydrogen (secondary N) is 1. The highest BCUT2D eigenvalue weighted by Crippen LogP contribution is 2.25. The van der Waals surface area contributed by atoms with Crippen LogP contribution in [-0.2, 0) is 11.4 Å². The maximum absolute atomic E-state index is 12.6. The molecule has 0 aliphatic carbocycles. The summed E-state index contributed by atoms with van der Waals surface area (Å²) in [6, 6.07) is 11.0. The van der Waals surface area contributed by atoms with Crippen molar-refractivity contribution >= 4 is 22.6 Å². The third-order valence-corrected chi connectivity index (χ3v) is 4.91. The first-order valence-corrected chi connectivity index (χ1v) is 9.29. The Bertz CT molecular complexity index is 1060. The highest BCUT2D eigenvalue weighted by molar-refractivity contribution is 5.96. The van der Waals surface area contributed by atoms with Crippen molar-refractivity contribution < 1.29 is 23.5 Å². The molecule has 29 heavy (non-hydrogen) atoms. The molecule has 4 rings (SSSR count). The summed E-state index contributed by atoms with van der Waals surface area (Å²) >= 11 is 0. The topological polar surface area (TPSA) is 93.9 Å². The molecule has 3 aromatic rings. The highest BCUT2D eigenvalue weighted by Gasteiger charge is 2.31. The van der Waals surface area contributed by atoms with E-state index in [9.17, 15) is 9.59 Å². The highest BCUT2D eigenvalue weighted by atomic mass is 16.5. The van der Waals surface area contributed by atoms with Gasteiger partial charge in [0, 0.05) is 13.1 Å². The van der Waals surface area contributed by atoms with Gasteiger partial charge in [0.2, 0.25) is 11.8 Å². The molecule has 0 spiro atoms. The summed E-state index contributed by atoms with van der Waals surface area (Å²) in [6.45, 7) is 2.63. The lowest BCUT2D eigenvalue weighted by molar-refractivity contribution is -0.127. The summed E-state index contributed by atoms with van der Waals surface area (Å²) in [5.74, 6) is 1.20. The molecule has 1 saturated heterocycles. The number of hydrogen-bond donors (Lipinski definition) is 1. The van der Waals surface area contributed by atoms with Crippen molar-refractivity contribution in [2.24, 2.45) is 0 Å². The molecular weight excluding hydrogens is 374 g/mol. The number of fused-ring (bicyclic) bond motifs is 1. The van der Waals surface area contributed by atoms with Gasteiger partial charge in [-0.1, -0.05) is 12.1 Å². The van der Waals surface area contributed by atoms with Gasteiger partial charge in [0.15, 0.2) is 12.3 Å². The van der Waals surface area contributed by atoms with Gasteiger partial charge in [-0.05, 0) is 42.0 Å². The summed E-state index contributed by atoms with van der Waals surface area (Å²) in [4.78, 5) is 30.1. The second-order valence-electron chi connectivity index (χ2n) is 6.76. The predicted octanol–water partition coefficient (Wildman–Crippen LogP) is 2.38. The monoisotopic (exact) mass is 395 g/mol. The van der Waals surface area contributed by atoms with Crippen LogP contribution in [0.4, 0.5) is 0 Å². The van der Waals surface area contributed by atoms with Crippen LogP contribution in [0.25, 0.3) is 10.8 Å². The number of carbonyl (C=O) groups is 2. The van der Waals surface area contributed by atoms with Gasteiger partial charge in [-0.25, -0.2) is 4.98 Å². The Morgan fingerprint density at radius 2 is 2.00 bits per heavy atom. The van der Waals surface area contributed by atoms with Crippen molar-refractivity contribution in [2.75, 3.05) is 20.2 Å². The molecule has 1 aliphatic rings. The molecule has 0 bridgehead atoms. The lowest BCUT2D eigenvalue weighted by Gasteiger charge is -2.32. The Labute approximate surface area is 167 Å².